The predicted octanol–water partition coefficient (Wildman–Crippen LogP) is 3.33. The van der Waals surface area contributed by atoms with Crippen LogP contribution in [0.15, 0.2) is 0 Å². The van der Waals surface area contributed by atoms with Crippen LogP contribution in [0.1, 0.15) is 43.9 Å². The first-order valence-electron chi connectivity index (χ1n) is 7.44. The van der Waals surface area contributed by atoms with Crippen molar-refractivity contribution in [3.05, 3.63) is 16.4 Å². The van der Waals surface area contributed by atoms with Gasteiger partial charge < -0.3 is 5.73 Å². The summed E-state index contributed by atoms with van der Waals surface area (Å²) < 4.78 is 1.78. The second kappa shape index (κ2) is 6.27. The summed E-state index contributed by atoms with van der Waals surface area (Å²) in [5.74, 6) is 2.19. The molecule has 4 heteroatoms. The molecule has 3 unspecified atom stereocenters. The van der Waals surface area contributed by atoms with Gasteiger partial charge in [-0.3, -0.25) is 4.68 Å². The zero-order chi connectivity index (χ0) is 14.0. The molecule has 2 N–H and O–H groups in total. The first-order chi connectivity index (χ1) is 9.06. The van der Waals surface area contributed by atoms with Crippen LogP contribution in [0.5, 0.6) is 0 Å². The van der Waals surface area contributed by atoms with Gasteiger partial charge in [0.05, 0.1) is 5.69 Å². The van der Waals surface area contributed by atoms with E-state index in [4.69, 9.17) is 17.3 Å². The molecule has 0 aliphatic heterocycles. The van der Waals surface area contributed by atoms with E-state index in [1.54, 1.807) is 4.68 Å². The molecule has 1 aliphatic rings. The van der Waals surface area contributed by atoms with Crippen molar-refractivity contribution in [1.82, 2.24) is 9.78 Å². The zero-order valence-corrected chi connectivity index (χ0v) is 13.1. The Morgan fingerprint density at radius 3 is 2.63 bits per heavy atom. The second-order valence-corrected chi connectivity index (χ2v) is 6.38. The van der Waals surface area contributed by atoms with E-state index in [1.165, 1.54) is 31.2 Å². The third-order valence-corrected chi connectivity index (χ3v) is 5.34. The molecule has 0 spiro atoms. The third-order valence-electron chi connectivity index (χ3n) is 4.86. The summed E-state index contributed by atoms with van der Waals surface area (Å²) in [5, 5.41) is 5.22. The van der Waals surface area contributed by atoms with E-state index in [0.29, 0.717) is 11.8 Å². The fraction of sp³-hybridized carbons (Fsp3) is 0.800. The van der Waals surface area contributed by atoms with E-state index >= 15 is 0 Å². The summed E-state index contributed by atoms with van der Waals surface area (Å²) >= 11 is 6.36. The van der Waals surface area contributed by atoms with Crippen molar-refractivity contribution in [3.8, 4) is 0 Å². The van der Waals surface area contributed by atoms with Crippen molar-refractivity contribution in [2.24, 2.45) is 30.5 Å². The quantitative estimate of drug-likeness (QED) is 0.921. The average Bonchev–Trinajstić information content (AvgIpc) is 2.65. The fourth-order valence-corrected chi connectivity index (χ4v) is 3.77. The van der Waals surface area contributed by atoms with Gasteiger partial charge in [-0.05, 0) is 50.5 Å². The predicted molar refractivity (Wildman–Crippen MR) is 80.3 cm³/mol. The van der Waals surface area contributed by atoms with Gasteiger partial charge in [-0.2, -0.15) is 5.10 Å². The highest BCUT2D eigenvalue weighted by Crippen LogP contribution is 2.38. The van der Waals surface area contributed by atoms with E-state index in [9.17, 15) is 0 Å². The van der Waals surface area contributed by atoms with Gasteiger partial charge in [-0.1, -0.05) is 31.4 Å². The molecule has 3 atom stereocenters. The van der Waals surface area contributed by atoms with Gasteiger partial charge in [0.15, 0.2) is 0 Å². The number of hydrogen-bond donors (Lipinski definition) is 1. The number of hydrogen-bond acceptors (Lipinski definition) is 2. The summed E-state index contributed by atoms with van der Waals surface area (Å²) in [7, 11) is 1.91. The Kier molecular flexibility index (Phi) is 4.91. The molecule has 0 amide bonds. The molecule has 19 heavy (non-hydrogen) atoms. The maximum Gasteiger partial charge on any atom is 0.130 e. The molecule has 1 aromatic rings. The maximum absolute atomic E-state index is 6.36. The first-order valence-corrected chi connectivity index (χ1v) is 7.82. The first kappa shape index (κ1) is 14.9. The number of halogens is 1. The van der Waals surface area contributed by atoms with Crippen LogP contribution >= 0.6 is 11.6 Å². The summed E-state index contributed by atoms with van der Waals surface area (Å²) in [4.78, 5) is 0. The lowest BCUT2D eigenvalue weighted by molar-refractivity contribution is 0.179. The lowest BCUT2D eigenvalue weighted by Gasteiger charge is -2.35. The van der Waals surface area contributed by atoms with E-state index in [0.717, 1.165) is 29.7 Å². The number of nitrogens with zero attached hydrogens (tertiary/aromatic N) is 2. The van der Waals surface area contributed by atoms with Crippen LogP contribution in [0.4, 0.5) is 0 Å². The standard InChI is InChI=1S/C15H26ClN3/c1-4-11-5-6-12(9-17)13(7-11)8-14-10(2)18-19(3)15(14)16/h11-13H,4-9,17H2,1-3H3. The summed E-state index contributed by atoms with van der Waals surface area (Å²) in [5.41, 5.74) is 8.26. The molecule has 108 valence electrons. The van der Waals surface area contributed by atoms with Gasteiger partial charge in [0.2, 0.25) is 0 Å². The third kappa shape index (κ3) is 3.14. The normalized spacial score (nSPS) is 27.7. The Morgan fingerprint density at radius 1 is 1.37 bits per heavy atom. The Balaban J connectivity index is 2.14. The van der Waals surface area contributed by atoms with Crippen LogP contribution in [0.2, 0.25) is 5.15 Å². The number of aromatic nitrogens is 2. The monoisotopic (exact) mass is 283 g/mol. The maximum atomic E-state index is 6.36. The molecular formula is C15H26ClN3. The molecule has 3 nitrogen and oxygen atoms in total. The SMILES string of the molecule is CCC1CCC(CN)C(Cc2c(C)nn(C)c2Cl)C1. The van der Waals surface area contributed by atoms with Crippen molar-refractivity contribution in [2.45, 2.75) is 46.0 Å². The molecule has 0 aromatic carbocycles. The van der Waals surface area contributed by atoms with E-state index < -0.39 is 0 Å². The van der Waals surface area contributed by atoms with Crippen molar-refractivity contribution in [3.63, 3.8) is 0 Å². The fourth-order valence-electron chi connectivity index (χ4n) is 3.52. The van der Waals surface area contributed by atoms with E-state index in [2.05, 4.69) is 18.9 Å². The molecule has 0 radical (unpaired) electrons. The van der Waals surface area contributed by atoms with Gasteiger partial charge in [0.1, 0.15) is 5.15 Å². The highest BCUT2D eigenvalue weighted by Gasteiger charge is 2.30. The summed E-state index contributed by atoms with van der Waals surface area (Å²) in [6.45, 7) is 5.16. The molecule has 0 bridgehead atoms. The van der Waals surface area contributed by atoms with Crippen molar-refractivity contribution < 1.29 is 0 Å². The molecular weight excluding hydrogens is 258 g/mol. The smallest absolute Gasteiger partial charge is 0.130 e. The van der Waals surface area contributed by atoms with Crippen LogP contribution in [0.3, 0.4) is 0 Å². The highest BCUT2D eigenvalue weighted by atomic mass is 35.5. The zero-order valence-electron chi connectivity index (χ0n) is 12.3. The molecule has 2 rings (SSSR count). The van der Waals surface area contributed by atoms with Crippen molar-refractivity contribution in [1.29, 1.82) is 0 Å². The van der Waals surface area contributed by atoms with Crippen LogP contribution in [-0.4, -0.2) is 16.3 Å². The Morgan fingerprint density at radius 2 is 2.11 bits per heavy atom. The Hall–Kier alpha value is -0.540. The average molecular weight is 284 g/mol. The van der Waals surface area contributed by atoms with Gasteiger partial charge in [-0.25, -0.2) is 0 Å². The topological polar surface area (TPSA) is 43.8 Å². The van der Waals surface area contributed by atoms with Gasteiger partial charge >= 0.3 is 0 Å². The minimum absolute atomic E-state index is 0.651. The molecule has 1 heterocycles. The van der Waals surface area contributed by atoms with Crippen LogP contribution < -0.4 is 5.73 Å². The van der Waals surface area contributed by atoms with Crippen LogP contribution in [0, 0.1) is 24.7 Å². The molecule has 1 aromatic heterocycles. The largest absolute Gasteiger partial charge is 0.330 e. The number of rotatable bonds is 4. The van der Waals surface area contributed by atoms with E-state index in [1.807, 2.05) is 7.05 Å². The minimum atomic E-state index is 0.651. The van der Waals surface area contributed by atoms with Gasteiger partial charge in [0, 0.05) is 12.6 Å². The Labute approximate surface area is 121 Å². The molecule has 0 saturated heterocycles. The highest BCUT2D eigenvalue weighted by molar-refractivity contribution is 6.30. The Bertz CT molecular complexity index is 427. The summed E-state index contributed by atoms with van der Waals surface area (Å²) in [6, 6.07) is 0. The lowest BCUT2D eigenvalue weighted by atomic mass is 9.71. The van der Waals surface area contributed by atoms with Crippen molar-refractivity contribution in [2.75, 3.05) is 6.54 Å². The van der Waals surface area contributed by atoms with Crippen LogP contribution in [-0.2, 0) is 13.5 Å². The minimum Gasteiger partial charge on any atom is -0.330 e. The second-order valence-electron chi connectivity index (χ2n) is 6.03. The number of nitrogens with two attached hydrogens (primary N) is 1. The van der Waals surface area contributed by atoms with Gasteiger partial charge in [0.25, 0.3) is 0 Å². The van der Waals surface area contributed by atoms with Crippen molar-refractivity contribution >= 4 is 11.6 Å². The molecule has 1 saturated carbocycles. The van der Waals surface area contributed by atoms with Gasteiger partial charge in [-0.15, -0.1) is 0 Å². The lowest BCUT2D eigenvalue weighted by Crippen LogP contribution is -2.31. The number of aryl methyl sites for hydroxylation is 2. The molecule has 1 fully saturated rings. The van der Waals surface area contributed by atoms with Crippen LogP contribution in [0.25, 0.3) is 0 Å². The summed E-state index contributed by atoms with van der Waals surface area (Å²) in [6.07, 6.45) is 6.23. The van der Waals surface area contributed by atoms with E-state index in [-0.39, 0.29) is 0 Å². The molecule has 1 aliphatic carbocycles.